The molecule has 0 aliphatic rings. The zero-order chi connectivity index (χ0) is 15.1. The normalized spacial score (nSPS) is 9.38. The second-order valence-electron chi connectivity index (χ2n) is 4.20. The smallest absolute Gasteiger partial charge is 0.135 e. The van der Waals surface area contributed by atoms with Crippen molar-refractivity contribution in [2.24, 2.45) is 0 Å². The number of benzene rings is 2. The van der Waals surface area contributed by atoms with Crippen LogP contribution in [0.5, 0.6) is 5.75 Å². The molecule has 0 heterocycles. The molecule has 104 valence electrons. The van der Waals surface area contributed by atoms with Crippen molar-refractivity contribution in [1.82, 2.24) is 0 Å². The van der Waals surface area contributed by atoms with E-state index in [4.69, 9.17) is 15.1 Å². The van der Waals surface area contributed by atoms with E-state index in [1.807, 2.05) is 6.07 Å². The molecule has 0 spiro atoms. The molecule has 21 heavy (non-hydrogen) atoms. The Kier molecular flexibility index (Phi) is 4.93. The minimum Gasteiger partial charge on any atom is -0.488 e. The average Bonchev–Trinajstić information content (AvgIpc) is 2.52. The molecule has 0 saturated carbocycles. The molecule has 0 aliphatic carbocycles. The van der Waals surface area contributed by atoms with E-state index in [0.717, 1.165) is 5.56 Å². The maximum Gasteiger partial charge on any atom is 0.135 e. The molecule has 1 N–H and O–H groups in total. The minimum absolute atomic E-state index is 0.283. The number of hydrogen-bond donors (Lipinski definition) is 1. The molecule has 2 aromatic carbocycles. The lowest BCUT2D eigenvalue weighted by Gasteiger charge is -2.08. The van der Waals surface area contributed by atoms with Gasteiger partial charge in [0.1, 0.15) is 24.8 Å². The number of nitriles is 1. The van der Waals surface area contributed by atoms with Gasteiger partial charge in [-0.15, -0.1) is 0 Å². The Bertz CT molecular complexity index is 721. The van der Waals surface area contributed by atoms with Crippen LogP contribution in [0.3, 0.4) is 0 Å². The highest BCUT2D eigenvalue weighted by atomic mass is 19.1. The van der Waals surface area contributed by atoms with Gasteiger partial charge in [0.15, 0.2) is 0 Å². The van der Waals surface area contributed by atoms with E-state index >= 15 is 0 Å². The standard InChI is InChI=1S/C17H12FNO2/c18-16-7-8-17(15(10-16)2-1-9-20)21-12-14-5-3-13(11-19)4-6-14/h3-8,10,20H,9,12H2. The number of aliphatic hydroxyl groups is 1. The first kappa shape index (κ1) is 14.6. The molecule has 0 saturated heterocycles. The van der Waals surface area contributed by atoms with Gasteiger partial charge in [0.05, 0.1) is 17.2 Å². The van der Waals surface area contributed by atoms with Crippen LogP contribution >= 0.6 is 0 Å². The highest BCUT2D eigenvalue weighted by Crippen LogP contribution is 2.20. The lowest BCUT2D eigenvalue weighted by molar-refractivity contribution is 0.305. The largest absolute Gasteiger partial charge is 0.488 e. The van der Waals surface area contributed by atoms with Crippen molar-refractivity contribution < 1.29 is 14.2 Å². The molecule has 0 amide bonds. The Morgan fingerprint density at radius 2 is 1.90 bits per heavy atom. The van der Waals surface area contributed by atoms with Gasteiger partial charge in [-0.2, -0.15) is 5.26 Å². The third-order valence-corrected chi connectivity index (χ3v) is 2.72. The summed E-state index contributed by atoms with van der Waals surface area (Å²) in [5, 5.41) is 17.4. The monoisotopic (exact) mass is 281 g/mol. The van der Waals surface area contributed by atoms with Gasteiger partial charge >= 0.3 is 0 Å². The molecule has 2 rings (SSSR count). The van der Waals surface area contributed by atoms with Crippen molar-refractivity contribution in [3.05, 3.63) is 65.0 Å². The quantitative estimate of drug-likeness (QED) is 0.880. The van der Waals surface area contributed by atoms with Crippen LogP contribution in [0.1, 0.15) is 16.7 Å². The van der Waals surface area contributed by atoms with E-state index in [9.17, 15) is 4.39 Å². The molecule has 0 aliphatic heterocycles. The lowest BCUT2D eigenvalue weighted by Crippen LogP contribution is -1.98. The Labute approximate surface area is 122 Å². The van der Waals surface area contributed by atoms with Gasteiger partial charge in [0, 0.05) is 0 Å². The summed E-state index contributed by atoms with van der Waals surface area (Å²) >= 11 is 0. The molecule has 0 radical (unpaired) electrons. The summed E-state index contributed by atoms with van der Waals surface area (Å²) in [6.45, 7) is -0.0171. The second-order valence-corrected chi connectivity index (χ2v) is 4.20. The number of nitrogens with zero attached hydrogens (tertiary/aromatic N) is 1. The van der Waals surface area contributed by atoms with Gasteiger partial charge in [-0.1, -0.05) is 24.0 Å². The van der Waals surface area contributed by atoms with Gasteiger partial charge in [0.25, 0.3) is 0 Å². The topological polar surface area (TPSA) is 53.2 Å². The molecule has 0 unspecified atom stereocenters. The van der Waals surface area contributed by atoms with Crippen LogP contribution in [0.4, 0.5) is 4.39 Å². The van der Waals surface area contributed by atoms with Gasteiger partial charge < -0.3 is 9.84 Å². The number of rotatable bonds is 3. The fraction of sp³-hybridized carbons (Fsp3) is 0.118. The van der Waals surface area contributed by atoms with Crippen molar-refractivity contribution in [3.63, 3.8) is 0 Å². The predicted octanol–water partition coefficient (Wildman–Crippen LogP) is 2.62. The van der Waals surface area contributed by atoms with Crippen LogP contribution in [0.2, 0.25) is 0 Å². The zero-order valence-electron chi connectivity index (χ0n) is 11.1. The van der Waals surface area contributed by atoms with Gasteiger partial charge in [-0.05, 0) is 35.9 Å². The van der Waals surface area contributed by atoms with Crippen molar-refractivity contribution in [3.8, 4) is 23.7 Å². The first-order valence-corrected chi connectivity index (χ1v) is 6.24. The highest BCUT2D eigenvalue weighted by molar-refractivity contribution is 5.46. The van der Waals surface area contributed by atoms with E-state index < -0.39 is 5.82 Å². The molecule has 4 heteroatoms. The first-order chi connectivity index (χ1) is 10.2. The van der Waals surface area contributed by atoms with Crippen LogP contribution < -0.4 is 4.74 Å². The van der Waals surface area contributed by atoms with E-state index in [1.54, 1.807) is 24.3 Å². The van der Waals surface area contributed by atoms with Gasteiger partial charge in [-0.3, -0.25) is 0 Å². The van der Waals surface area contributed by atoms with Crippen molar-refractivity contribution in [2.75, 3.05) is 6.61 Å². The number of aliphatic hydroxyl groups excluding tert-OH is 1. The van der Waals surface area contributed by atoms with Crippen molar-refractivity contribution in [2.45, 2.75) is 6.61 Å². The molecule has 0 atom stereocenters. The maximum atomic E-state index is 13.2. The van der Waals surface area contributed by atoms with E-state index in [1.165, 1.54) is 18.2 Å². The summed E-state index contributed by atoms with van der Waals surface area (Å²) in [5.74, 6) is 5.15. The summed E-state index contributed by atoms with van der Waals surface area (Å²) < 4.78 is 18.8. The summed E-state index contributed by atoms with van der Waals surface area (Å²) in [5.41, 5.74) is 1.85. The maximum absolute atomic E-state index is 13.2. The van der Waals surface area contributed by atoms with Crippen LogP contribution in [0, 0.1) is 29.0 Å². The Balaban J connectivity index is 2.13. The number of ether oxygens (including phenoxy) is 1. The Morgan fingerprint density at radius 1 is 1.14 bits per heavy atom. The third kappa shape index (κ3) is 4.07. The zero-order valence-corrected chi connectivity index (χ0v) is 11.1. The predicted molar refractivity (Wildman–Crippen MR) is 75.9 cm³/mol. The molecular formula is C17H12FNO2. The van der Waals surface area contributed by atoms with E-state index in [0.29, 0.717) is 16.9 Å². The Morgan fingerprint density at radius 3 is 2.57 bits per heavy atom. The van der Waals surface area contributed by atoms with Gasteiger partial charge in [0.2, 0.25) is 0 Å². The lowest BCUT2D eigenvalue weighted by atomic mass is 10.1. The fourth-order valence-electron chi connectivity index (χ4n) is 1.70. The molecule has 2 aromatic rings. The molecule has 0 fully saturated rings. The van der Waals surface area contributed by atoms with Gasteiger partial charge in [-0.25, -0.2) is 4.39 Å². The first-order valence-electron chi connectivity index (χ1n) is 6.24. The Hall–Kier alpha value is -2.82. The summed E-state index contributed by atoms with van der Waals surface area (Å²) in [6, 6.07) is 13.1. The average molecular weight is 281 g/mol. The van der Waals surface area contributed by atoms with Crippen molar-refractivity contribution in [1.29, 1.82) is 5.26 Å². The molecule has 0 aromatic heterocycles. The number of halogens is 1. The second kappa shape index (κ2) is 7.09. The SMILES string of the molecule is N#Cc1ccc(COc2ccc(F)cc2C#CCO)cc1. The number of hydrogen-bond acceptors (Lipinski definition) is 3. The van der Waals surface area contributed by atoms with Crippen LogP contribution in [0.15, 0.2) is 42.5 Å². The highest BCUT2D eigenvalue weighted by Gasteiger charge is 2.04. The third-order valence-electron chi connectivity index (χ3n) is 2.72. The van der Waals surface area contributed by atoms with Crippen LogP contribution in [-0.4, -0.2) is 11.7 Å². The molecule has 3 nitrogen and oxygen atoms in total. The van der Waals surface area contributed by atoms with Crippen molar-refractivity contribution >= 4 is 0 Å². The summed E-state index contributed by atoms with van der Waals surface area (Å²) in [4.78, 5) is 0. The molecule has 0 bridgehead atoms. The van der Waals surface area contributed by atoms with E-state index in [2.05, 4.69) is 11.8 Å². The fourth-order valence-corrected chi connectivity index (χ4v) is 1.70. The minimum atomic E-state index is -0.414. The van der Waals surface area contributed by atoms with E-state index in [-0.39, 0.29) is 13.2 Å². The van der Waals surface area contributed by atoms with Crippen LogP contribution in [-0.2, 0) is 6.61 Å². The molecular weight excluding hydrogens is 269 g/mol. The summed E-state index contributed by atoms with van der Waals surface area (Å²) in [7, 11) is 0. The van der Waals surface area contributed by atoms with Crippen LogP contribution in [0.25, 0.3) is 0 Å². The summed E-state index contributed by atoms with van der Waals surface area (Å²) in [6.07, 6.45) is 0.